The fraction of sp³-hybridized carbons (Fsp3) is 0.806. The summed E-state index contributed by atoms with van der Waals surface area (Å²) in [6, 6.07) is -0.558. The van der Waals surface area contributed by atoms with Crippen LogP contribution in [-0.2, 0) is 33.3 Å². The molecule has 0 saturated carbocycles. The van der Waals surface area contributed by atoms with Crippen molar-refractivity contribution in [2.45, 2.75) is 102 Å². The van der Waals surface area contributed by atoms with Crippen molar-refractivity contribution in [1.82, 2.24) is 9.80 Å². The molecule has 0 radical (unpaired) electrons. The van der Waals surface area contributed by atoms with E-state index in [0.717, 1.165) is 18.6 Å². The number of ketones is 2. The Balaban J connectivity index is 1.28. The fourth-order valence-corrected chi connectivity index (χ4v) is 9.02. The summed E-state index contributed by atoms with van der Waals surface area (Å²) in [6.07, 6.45) is 11.6. The van der Waals surface area contributed by atoms with Gasteiger partial charge in [0.1, 0.15) is 12.6 Å². The van der Waals surface area contributed by atoms with Gasteiger partial charge < -0.3 is 34.5 Å². The summed E-state index contributed by atoms with van der Waals surface area (Å²) in [5.41, 5.74) is 4.53. The van der Waals surface area contributed by atoms with E-state index in [0.29, 0.717) is 12.3 Å². The van der Waals surface area contributed by atoms with Gasteiger partial charge in [-0.1, -0.05) is 64.7 Å². The van der Waals surface area contributed by atoms with E-state index in [4.69, 9.17) is 24.7 Å². The van der Waals surface area contributed by atoms with E-state index in [1.165, 1.54) is 65.4 Å². The highest BCUT2D eigenvalue weighted by Crippen LogP contribution is 2.61. The van der Waals surface area contributed by atoms with Gasteiger partial charge in [-0.25, -0.2) is 4.79 Å². The average Bonchev–Trinajstić information content (AvgIpc) is 3.25. The van der Waals surface area contributed by atoms with Crippen LogP contribution in [0.25, 0.3) is 0 Å². The number of unbranched alkanes of at least 4 members (excludes halogenated alkanes) is 9. The highest BCUT2D eigenvalue weighted by molar-refractivity contribution is 7.99. The van der Waals surface area contributed by atoms with Crippen LogP contribution < -0.4 is 5.73 Å². The minimum Gasteiger partial charge on any atom is -0.449 e. The molecule has 5 atom stereocenters. The van der Waals surface area contributed by atoms with Gasteiger partial charge in [-0.2, -0.15) is 11.8 Å². The quantitative estimate of drug-likeness (QED) is 0.202. The van der Waals surface area contributed by atoms with Crippen LogP contribution in [0.3, 0.4) is 0 Å². The number of amides is 2. The molecule has 4 heterocycles. The highest BCUT2D eigenvalue weighted by Gasteiger charge is 2.79. The second-order valence-corrected chi connectivity index (χ2v) is 13.5. The van der Waals surface area contributed by atoms with Gasteiger partial charge in [0.05, 0.1) is 36.8 Å². The number of nitrogens with two attached hydrogens (primary N) is 1. The van der Waals surface area contributed by atoms with Gasteiger partial charge in [-0.15, -0.1) is 0 Å². The summed E-state index contributed by atoms with van der Waals surface area (Å²) < 4.78 is 23.4. The number of hydrogen-bond acceptors (Lipinski definition) is 10. The van der Waals surface area contributed by atoms with E-state index in [1.54, 1.807) is 16.7 Å². The molecule has 3 fully saturated rings. The van der Waals surface area contributed by atoms with Crippen molar-refractivity contribution in [2.24, 2.45) is 17.6 Å². The number of thioether (sulfide) groups is 1. The standard InChI is InChI=1S/C31H47N3O8S/c1-4-5-6-7-8-9-10-11-12-13-16-43-19-22-26(36)25-24(28(37)31(22)41-14-15-42-31)21(18-40-29(32)38)30(39-3)27-23(17-33(25)30)34(27)20(2)35/h21-23,27H,4-19H2,1-3H3,(H2,32,38)/t21-,22?,23+,27+,30-,34?/m1/s1. The first-order valence-corrected chi connectivity index (χ1v) is 17.1. The van der Waals surface area contributed by atoms with Crippen molar-refractivity contribution < 1.29 is 38.1 Å². The molecular weight excluding hydrogens is 574 g/mol. The number of ether oxygens (including phenoxy) is 4. The lowest BCUT2D eigenvalue weighted by atomic mass is 9.76. The molecule has 1 aliphatic carbocycles. The predicted molar refractivity (Wildman–Crippen MR) is 160 cm³/mol. The Morgan fingerprint density at radius 1 is 1.00 bits per heavy atom. The van der Waals surface area contributed by atoms with Gasteiger partial charge in [0.15, 0.2) is 11.5 Å². The lowest BCUT2D eigenvalue weighted by molar-refractivity contribution is -0.197. The van der Waals surface area contributed by atoms with Crippen molar-refractivity contribution in [3.8, 4) is 0 Å². The predicted octanol–water partition coefficient (Wildman–Crippen LogP) is 3.39. The van der Waals surface area contributed by atoms with Gasteiger partial charge in [-0.05, 0) is 12.2 Å². The zero-order valence-corrected chi connectivity index (χ0v) is 26.6. The van der Waals surface area contributed by atoms with Crippen LogP contribution in [0.2, 0.25) is 0 Å². The second-order valence-electron chi connectivity index (χ2n) is 12.3. The largest absolute Gasteiger partial charge is 0.449 e. The Hall–Kier alpha value is -2.15. The first kappa shape index (κ1) is 32.2. The van der Waals surface area contributed by atoms with E-state index in [1.807, 2.05) is 4.90 Å². The Morgan fingerprint density at radius 2 is 1.63 bits per heavy atom. The molecule has 11 nitrogen and oxygen atoms in total. The second kappa shape index (κ2) is 13.5. The lowest BCUT2D eigenvalue weighted by Crippen LogP contribution is -2.56. The molecule has 5 rings (SSSR count). The number of primary amides is 1. The summed E-state index contributed by atoms with van der Waals surface area (Å²) in [5, 5.41) is 0. The lowest BCUT2D eigenvalue weighted by Gasteiger charge is -2.41. The van der Waals surface area contributed by atoms with Crippen molar-refractivity contribution in [2.75, 3.05) is 45.0 Å². The van der Waals surface area contributed by atoms with Crippen LogP contribution in [0.15, 0.2) is 11.3 Å². The van der Waals surface area contributed by atoms with Crippen molar-refractivity contribution in [3.63, 3.8) is 0 Å². The van der Waals surface area contributed by atoms with Gasteiger partial charge >= 0.3 is 6.09 Å². The molecule has 0 aromatic rings. The van der Waals surface area contributed by atoms with Crippen LogP contribution >= 0.6 is 11.8 Å². The Morgan fingerprint density at radius 3 is 2.21 bits per heavy atom. The third kappa shape index (κ3) is 5.61. The van der Waals surface area contributed by atoms with Crippen molar-refractivity contribution in [1.29, 1.82) is 0 Å². The summed E-state index contributed by atoms with van der Waals surface area (Å²) >= 11 is 1.65. The van der Waals surface area contributed by atoms with Gasteiger partial charge in [-0.3, -0.25) is 14.4 Å². The van der Waals surface area contributed by atoms with Crippen LogP contribution in [0.1, 0.15) is 78.1 Å². The number of carbonyl (C=O) groups is 4. The summed E-state index contributed by atoms with van der Waals surface area (Å²) in [6.45, 7) is 4.19. The van der Waals surface area contributed by atoms with Crippen LogP contribution in [0.5, 0.6) is 0 Å². The number of Topliss-reactive ketones (excluding diaryl/α,β-unsaturated/α-hetero) is 2. The Kier molecular flexibility index (Phi) is 10.1. The van der Waals surface area contributed by atoms with Gasteiger partial charge in [0, 0.05) is 31.9 Å². The van der Waals surface area contributed by atoms with Crippen LogP contribution in [0, 0.1) is 11.8 Å². The SMILES string of the molecule is CCCCCCCCCCCCSCC1C(=O)C2=C(C(=O)C13OCCO3)[C@@H](COC(N)=O)[C@@]1(OC)[C@@H]3[C@H](CN21)N3C(C)=O. The molecule has 1 unspecified atom stereocenters. The molecule has 12 heteroatoms. The molecular formula is C31H47N3O8S. The number of nitrogens with zero attached hydrogens (tertiary/aromatic N) is 2. The number of hydrogen-bond donors (Lipinski definition) is 1. The monoisotopic (exact) mass is 621 g/mol. The minimum atomic E-state index is -1.72. The summed E-state index contributed by atoms with van der Waals surface area (Å²) in [7, 11) is 1.49. The molecule has 240 valence electrons. The Labute approximate surface area is 258 Å². The molecule has 4 aliphatic heterocycles. The van der Waals surface area contributed by atoms with Crippen LogP contribution in [-0.4, -0.2) is 102 Å². The number of rotatable bonds is 16. The highest BCUT2D eigenvalue weighted by atomic mass is 32.2. The molecule has 0 aromatic carbocycles. The minimum absolute atomic E-state index is 0.122. The third-order valence-corrected chi connectivity index (χ3v) is 11.0. The Bertz CT molecular complexity index is 1120. The van der Waals surface area contributed by atoms with Crippen LogP contribution in [0.4, 0.5) is 4.79 Å². The normalized spacial score (nSPS) is 30.2. The van der Waals surface area contributed by atoms with E-state index in [2.05, 4.69) is 6.92 Å². The number of allylic oxidation sites excluding steroid dienone is 1. The van der Waals surface area contributed by atoms with E-state index in [-0.39, 0.29) is 48.8 Å². The third-order valence-electron chi connectivity index (χ3n) is 9.82. The maximum absolute atomic E-state index is 14.4. The van der Waals surface area contributed by atoms with Crippen molar-refractivity contribution >= 4 is 35.3 Å². The number of fused-ring (bicyclic) bond motifs is 4. The fourth-order valence-electron chi connectivity index (χ4n) is 7.83. The molecule has 1 spiro atoms. The zero-order chi connectivity index (χ0) is 30.8. The van der Waals surface area contributed by atoms with Gasteiger partial charge in [0.25, 0.3) is 0 Å². The van der Waals surface area contributed by atoms with E-state index < -0.39 is 41.3 Å². The molecule has 0 bridgehead atoms. The number of carbonyl (C=O) groups excluding carboxylic acids is 4. The first-order valence-electron chi connectivity index (χ1n) is 16.0. The summed E-state index contributed by atoms with van der Waals surface area (Å²) in [4.78, 5) is 56.3. The molecule has 0 aromatic heterocycles. The molecule has 3 saturated heterocycles. The first-order chi connectivity index (χ1) is 20.8. The summed E-state index contributed by atoms with van der Waals surface area (Å²) in [5.74, 6) is -2.89. The molecule has 2 amide bonds. The topological polar surface area (TPSA) is 137 Å². The maximum atomic E-state index is 14.4. The number of methoxy groups -OCH3 is 1. The molecule has 43 heavy (non-hydrogen) atoms. The van der Waals surface area contributed by atoms with E-state index >= 15 is 0 Å². The molecule has 5 aliphatic rings. The van der Waals surface area contributed by atoms with Gasteiger partial charge in [0.2, 0.25) is 17.5 Å². The maximum Gasteiger partial charge on any atom is 0.404 e. The molecule has 2 N–H and O–H groups in total. The zero-order valence-electron chi connectivity index (χ0n) is 25.8. The van der Waals surface area contributed by atoms with E-state index in [9.17, 15) is 19.2 Å². The van der Waals surface area contributed by atoms with Crippen molar-refractivity contribution in [3.05, 3.63) is 11.3 Å². The average molecular weight is 622 g/mol. The smallest absolute Gasteiger partial charge is 0.404 e. The number of piperazine rings is 1.